The summed E-state index contributed by atoms with van der Waals surface area (Å²) in [6.45, 7) is -3.24. The minimum atomic E-state index is -6.18. The first-order chi connectivity index (χ1) is 7.22. The molecular weight excluding hydrogens is 271 g/mol. The van der Waals surface area contributed by atoms with Gasteiger partial charge in [0.05, 0.1) is 6.61 Å². The van der Waals surface area contributed by atoms with E-state index in [4.69, 9.17) is 5.11 Å². The normalized spacial score (nSPS) is 22.8. The Balaban J connectivity index is 5.49. The largest absolute Gasteiger partial charge is 0.427 e. The summed E-state index contributed by atoms with van der Waals surface area (Å²) < 4.78 is 110. The summed E-state index contributed by atoms with van der Waals surface area (Å²) in [5, 5.41) is 8.05. The smallest absolute Gasteiger partial charge is 0.393 e. The average molecular weight is 278 g/mol. The number of aliphatic hydroxyl groups excluding tert-OH is 1. The second-order valence-electron chi connectivity index (χ2n) is 3.45. The summed E-state index contributed by atoms with van der Waals surface area (Å²) in [6.07, 6.45) is -16.9. The Labute approximate surface area is 89.2 Å². The van der Waals surface area contributed by atoms with Crippen molar-refractivity contribution in [2.45, 2.75) is 36.8 Å². The molecule has 0 rings (SSSR count). The highest BCUT2D eigenvalue weighted by Crippen LogP contribution is 2.48. The van der Waals surface area contributed by atoms with E-state index >= 15 is 0 Å². The fraction of sp³-hybridized carbons (Fsp3) is 1.00. The Kier molecular flexibility index (Phi) is 4.05. The molecule has 0 amide bonds. The van der Waals surface area contributed by atoms with Crippen LogP contribution in [0.2, 0.25) is 0 Å². The molecule has 0 aromatic rings. The molecule has 0 saturated carbocycles. The van der Waals surface area contributed by atoms with Gasteiger partial charge in [-0.15, -0.1) is 0 Å². The van der Waals surface area contributed by atoms with E-state index in [0.29, 0.717) is 0 Å². The summed E-state index contributed by atoms with van der Waals surface area (Å²) in [5.41, 5.74) is -10.4. The molecule has 10 heteroatoms. The lowest BCUT2D eigenvalue weighted by atomic mass is 9.88. The summed E-state index contributed by atoms with van der Waals surface area (Å²) in [7, 11) is 0. The second kappa shape index (κ2) is 4.21. The van der Waals surface area contributed by atoms with Gasteiger partial charge < -0.3 is 5.11 Å². The van der Waals surface area contributed by atoms with Crippen LogP contribution in [0.5, 0.6) is 0 Å². The average Bonchev–Trinajstić information content (AvgIpc) is 2.11. The Morgan fingerprint density at radius 1 is 0.882 bits per heavy atom. The molecule has 0 fully saturated rings. The fourth-order valence-electron chi connectivity index (χ4n) is 0.887. The molecular formula is C7H7F9O. The van der Waals surface area contributed by atoms with Crippen LogP contribution in [0.15, 0.2) is 0 Å². The van der Waals surface area contributed by atoms with Crippen molar-refractivity contribution in [3.8, 4) is 0 Å². The van der Waals surface area contributed by atoms with Crippen molar-refractivity contribution in [1.82, 2.24) is 0 Å². The highest BCUT2D eigenvalue weighted by Gasteiger charge is 2.72. The van der Waals surface area contributed by atoms with Crippen LogP contribution < -0.4 is 0 Å². The predicted octanol–water partition coefficient (Wildman–Crippen LogP) is 2.88. The molecule has 3 atom stereocenters. The van der Waals surface area contributed by atoms with Crippen LogP contribution in [0.3, 0.4) is 0 Å². The van der Waals surface area contributed by atoms with E-state index in [0.717, 1.165) is 0 Å². The van der Waals surface area contributed by atoms with E-state index < -0.39 is 43.4 Å². The molecule has 0 heterocycles. The maximum absolute atomic E-state index is 13.0. The number of aliphatic hydroxyl groups is 1. The maximum atomic E-state index is 13.0. The first-order valence-electron chi connectivity index (χ1n) is 3.98. The quantitative estimate of drug-likeness (QED) is 0.787. The summed E-state index contributed by atoms with van der Waals surface area (Å²) in [4.78, 5) is 0. The number of alkyl halides is 9. The van der Waals surface area contributed by atoms with Crippen molar-refractivity contribution in [3.05, 3.63) is 0 Å². The van der Waals surface area contributed by atoms with Gasteiger partial charge in [-0.05, 0) is 6.92 Å². The highest BCUT2D eigenvalue weighted by atomic mass is 19.4. The minimum Gasteiger partial charge on any atom is -0.393 e. The lowest BCUT2D eigenvalue weighted by molar-refractivity contribution is -0.310. The molecule has 0 spiro atoms. The minimum absolute atomic E-state index is 0.576. The molecule has 0 saturated heterocycles. The first kappa shape index (κ1) is 16.3. The zero-order chi connectivity index (χ0) is 14.3. The van der Waals surface area contributed by atoms with E-state index in [-0.39, 0.29) is 0 Å². The number of hydrogen-bond acceptors (Lipinski definition) is 1. The van der Waals surface area contributed by atoms with Gasteiger partial charge in [-0.1, -0.05) is 0 Å². The van der Waals surface area contributed by atoms with Crippen LogP contribution in [0.4, 0.5) is 39.5 Å². The first-order valence-corrected chi connectivity index (χ1v) is 3.98. The number of hydrogen-bond donors (Lipinski definition) is 1. The van der Waals surface area contributed by atoms with Crippen LogP contribution in [0.1, 0.15) is 6.92 Å². The molecule has 0 aromatic heterocycles. The summed E-state index contributed by atoms with van der Waals surface area (Å²) in [6, 6.07) is 0. The van der Waals surface area contributed by atoms with E-state index in [1.54, 1.807) is 0 Å². The van der Waals surface area contributed by atoms with Crippen molar-refractivity contribution in [2.75, 3.05) is 6.61 Å². The van der Waals surface area contributed by atoms with Crippen molar-refractivity contribution >= 4 is 0 Å². The SMILES string of the molecule is CC(F)(C(F)C(F)(CO)C(F)(F)F)C(F)(F)F. The predicted molar refractivity (Wildman–Crippen MR) is 37.4 cm³/mol. The van der Waals surface area contributed by atoms with Gasteiger partial charge in [-0.25, -0.2) is 13.2 Å². The van der Waals surface area contributed by atoms with Crippen LogP contribution >= 0.6 is 0 Å². The molecule has 3 unspecified atom stereocenters. The van der Waals surface area contributed by atoms with Crippen LogP contribution in [-0.4, -0.2) is 41.6 Å². The number of halogens is 9. The highest BCUT2D eigenvalue weighted by molar-refractivity contribution is 5.05. The molecule has 1 nitrogen and oxygen atoms in total. The Hall–Kier alpha value is -0.670. The molecule has 17 heavy (non-hydrogen) atoms. The van der Waals surface area contributed by atoms with Gasteiger partial charge in [-0.3, -0.25) is 0 Å². The standard InChI is InChI=1S/C7H7F9O/c1-4(9,6(11,12)13)3(8)5(10,2-17)7(14,15)16/h3,17H,2H2,1H3. The summed E-state index contributed by atoms with van der Waals surface area (Å²) in [5.74, 6) is 0. The zero-order valence-corrected chi connectivity index (χ0v) is 8.13. The topological polar surface area (TPSA) is 20.2 Å². The third kappa shape index (κ3) is 2.61. The Bertz CT molecular complexity index is 267. The van der Waals surface area contributed by atoms with Crippen molar-refractivity contribution in [3.63, 3.8) is 0 Å². The second-order valence-corrected chi connectivity index (χ2v) is 3.45. The van der Waals surface area contributed by atoms with Gasteiger partial charge in [0, 0.05) is 0 Å². The van der Waals surface area contributed by atoms with Gasteiger partial charge in [0.25, 0.3) is 5.67 Å². The van der Waals surface area contributed by atoms with Crippen LogP contribution in [-0.2, 0) is 0 Å². The van der Waals surface area contributed by atoms with Gasteiger partial charge in [0.1, 0.15) is 0 Å². The Morgan fingerprint density at radius 3 is 1.41 bits per heavy atom. The van der Waals surface area contributed by atoms with Gasteiger partial charge in [0.2, 0.25) is 5.67 Å². The van der Waals surface area contributed by atoms with Crippen molar-refractivity contribution < 1.29 is 44.6 Å². The van der Waals surface area contributed by atoms with Crippen LogP contribution in [0.25, 0.3) is 0 Å². The van der Waals surface area contributed by atoms with Crippen molar-refractivity contribution in [2.24, 2.45) is 0 Å². The summed E-state index contributed by atoms with van der Waals surface area (Å²) >= 11 is 0. The van der Waals surface area contributed by atoms with E-state index in [9.17, 15) is 39.5 Å². The molecule has 104 valence electrons. The lowest BCUT2D eigenvalue weighted by Crippen LogP contribution is -2.62. The van der Waals surface area contributed by atoms with Gasteiger partial charge in [-0.2, -0.15) is 26.3 Å². The maximum Gasteiger partial charge on any atom is 0.427 e. The Morgan fingerprint density at radius 2 is 1.24 bits per heavy atom. The van der Waals surface area contributed by atoms with Crippen LogP contribution in [0, 0.1) is 0 Å². The molecule has 1 N–H and O–H groups in total. The fourth-order valence-corrected chi connectivity index (χ4v) is 0.887. The third-order valence-corrected chi connectivity index (χ3v) is 2.13. The number of rotatable bonds is 3. The molecule has 0 aliphatic carbocycles. The zero-order valence-electron chi connectivity index (χ0n) is 8.13. The third-order valence-electron chi connectivity index (χ3n) is 2.13. The molecule has 0 aliphatic rings. The van der Waals surface area contributed by atoms with E-state index in [2.05, 4.69) is 0 Å². The molecule has 0 aliphatic heterocycles. The van der Waals surface area contributed by atoms with E-state index in [1.165, 1.54) is 0 Å². The molecule has 0 aromatic carbocycles. The van der Waals surface area contributed by atoms with Gasteiger partial charge >= 0.3 is 12.4 Å². The molecule has 0 bridgehead atoms. The van der Waals surface area contributed by atoms with Gasteiger partial charge in [0.15, 0.2) is 6.17 Å². The van der Waals surface area contributed by atoms with Crippen molar-refractivity contribution in [1.29, 1.82) is 0 Å². The lowest BCUT2D eigenvalue weighted by Gasteiger charge is -2.36. The molecule has 0 radical (unpaired) electrons. The van der Waals surface area contributed by atoms with E-state index in [1.807, 2.05) is 0 Å². The monoisotopic (exact) mass is 278 g/mol.